The maximum absolute atomic E-state index is 12.8. The lowest BCUT2D eigenvalue weighted by Gasteiger charge is -2.43. The minimum Gasteiger partial charge on any atom is -0.491 e. The van der Waals surface area contributed by atoms with Gasteiger partial charge in [-0.25, -0.2) is 0 Å². The second-order valence-corrected chi connectivity index (χ2v) is 9.47. The molecule has 2 fully saturated rings. The van der Waals surface area contributed by atoms with E-state index in [9.17, 15) is 4.79 Å². The lowest BCUT2D eigenvalue weighted by atomic mass is 9.91. The molecule has 0 spiro atoms. The number of carbonyl (C=O) groups excluding carboxylic acids is 1. The van der Waals surface area contributed by atoms with Crippen molar-refractivity contribution in [2.75, 3.05) is 20.3 Å². The van der Waals surface area contributed by atoms with E-state index in [0.29, 0.717) is 42.5 Å². The molecule has 1 amide bonds. The molecule has 2 bridgehead atoms. The van der Waals surface area contributed by atoms with Crippen molar-refractivity contribution >= 4 is 5.91 Å². The van der Waals surface area contributed by atoms with Gasteiger partial charge in [-0.1, -0.05) is 6.07 Å². The Bertz CT molecular complexity index is 1070. The highest BCUT2D eigenvalue weighted by atomic mass is 16.5. The molecule has 0 aliphatic carbocycles. The van der Waals surface area contributed by atoms with Gasteiger partial charge in [0.25, 0.3) is 5.91 Å². The van der Waals surface area contributed by atoms with Crippen molar-refractivity contribution in [3.05, 3.63) is 58.4 Å². The van der Waals surface area contributed by atoms with Gasteiger partial charge in [-0.15, -0.1) is 0 Å². The summed E-state index contributed by atoms with van der Waals surface area (Å²) in [5.41, 5.74) is 4.65. The Hall–Kier alpha value is -2.95. The number of aromatic nitrogens is 1. The maximum Gasteiger partial charge on any atom is 0.253 e. The summed E-state index contributed by atoms with van der Waals surface area (Å²) in [6.45, 7) is 7.73. The molecule has 34 heavy (non-hydrogen) atoms. The monoisotopic (exact) mass is 462 g/mol. The van der Waals surface area contributed by atoms with E-state index in [2.05, 4.69) is 48.1 Å². The number of rotatable bonds is 8. The molecule has 1 aromatic carbocycles. The van der Waals surface area contributed by atoms with Crippen LogP contribution < -0.4 is 10.1 Å². The van der Waals surface area contributed by atoms with Crippen LogP contribution in [0.15, 0.2) is 30.6 Å². The summed E-state index contributed by atoms with van der Waals surface area (Å²) < 4.78 is 11.0. The number of fused-ring (bicyclic) bond motifs is 2. The highest BCUT2D eigenvalue weighted by Gasteiger charge is 2.43. The quantitative estimate of drug-likeness (QED) is 0.595. The van der Waals surface area contributed by atoms with Gasteiger partial charge in [-0.2, -0.15) is 5.26 Å². The summed E-state index contributed by atoms with van der Waals surface area (Å²) in [6.07, 6.45) is 7.18. The molecule has 2 aliphatic rings. The normalized spacial score (nSPS) is 22.7. The van der Waals surface area contributed by atoms with Crippen LogP contribution in [0.1, 0.15) is 71.3 Å². The van der Waals surface area contributed by atoms with Gasteiger partial charge in [-0.05, 0) is 75.3 Å². The van der Waals surface area contributed by atoms with Crippen LogP contribution in [-0.2, 0) is 4.74 Å². The molecule has 3 atom stereocenters. The van der Waals surface area contributed by atoms with Crippen LogP contribution in [0.2, 0.25) is 0 Å². The van der Waals surface area contributed by atoms with Crippen LogP contribution in [0.3, 0.4) is 0 Å². The van der Waals surface area contributed by atoms with Crippen LogP contribution in [0.4, 0.5) is 0 Å². The second-order valence-electron chi connectivity index (χ2n) is 9.47. The van der Waals surface area contributed by atoms with E-state index in [1.165, 1.54) is 29.1 Å². The van der Waals surface area contributed by atoms with Crippen molar-refractivity contribution in [1.29, 1.82) is 5.26 Å². The van der Waals surface area contributed by atoms with Gasteiger partial charge in [0.15, 0.2) is 0 Å². The molecule has 1 aromatic heterocycles. The predicted octanol–water partition coefficient (Wildman–Crippen LogP) is 4.08. The molecule has 4 rings (SSSR count). The van der Waals surface area contributed by atoms with Crippen LogP contribution >= 0.6 is 0 Å². The molecule has 1 N–H and O–H groups in total. The Labute approximate surface area is 202 Å². The number of hydrogen-bond donors (Lipinski definition) is 1. The zero-order valence-electron chi connectivity index (χ0n) is 20.5. The number of pyridine rings is 1. The highest BCUT2D eigenvalue weighted by molar-refractivity contribution is 5.94. The Kier molecular flexibility index (Phi) is 7.50. The third kappa shape index (κ3) is 4.94. The average Bonchev–Trinajstić information content (AvgIpc) is 3.11. The molecule has 7 nitrogen and oxygen atoms in total. The minimum atomic E-state index is -0.147. The van der Waals surface area contributed by atoms with E-state index in [1.54, 1.807) is 13.2 Å². The molecule has 0 radical (unpaired) electrons. The summed E-state index contributed by atoms with van der Waals surface area (Å²) in [5, 5.41) is 12.3. The SMILES string of the molecule is COCCOc1ccc(C(C)N2C3CCC2CC(NC(=O)c2cncc(C#N)c2)C3)c(C)c1C. The van der Waals surface area contributed by atoms with Gasteiger partial charge < -0.3 is 14.8 Å². The van der Waals surface area contributed by atoms with Crippen molar-refractivity contribution in [3.8, 4) is 11.8 Å². The van der Waals surface area contributed by atoms with Crippen molar-refractivity contribution < 1.29 is 14.3 Å². The zero-order valence-corrected chi connectivity index (χ0v) is 20.5. The standard InChI is InChI=1S/C27H34N4O3/c1-17-18(2)26(34-10-9-33-4)8-7-25(17)19(3)31-23-5-6-24(31)13-22(12-23)30-27(32)21-11-20(14-28)15-29-16-21/h7-8,11,15-16,19,22-24H,5-6,9-10,12-13H2,1-4H3,(H,30,32). The number of ether oxygens (including phenoxy) is 2. The van der Waals surface area contributed by atoms with Crippen LogP contribution in [0.25, 0.3) is 0 Å². The highest BCUT2D eigenvalue weighted by Crippen LogP contribution is 2.43. The lowest BCUT2D eigenvalue weighted by Crippen LogP contribution is -2.51. The molecular formula is C27H34N4O3. The molecule has 180 valence electrons. The summed E-state index contributed by atoms with van der Waals surface area (Å²) in [4.78, 5) is 19.4. The van der Waals surface area contributed by atoms with Crippen molar-refractivity contribution in [1.82, 2.24) is 15.2 Å². The molecule has 3 heterocycles. The van der Waals surface area contributed by atoms with E-state index in [-0.39, 0.29) is 11.9 Å². The van der Waals surface area contributed by atoms with Crippen LogP contribution in [-0.4, -0.2) is 54.2 Å². The number of piperidine rings is 1. The predicted molar refractivity (Wildman–Crippen MR) is 130 cm³/mol. The van der Waals surface area contributed by atoms with E-state index in [1.807, 2.05) is 6.07 Å². The number of nitrogens with zero attached hydrogens (tertiary/aromatic N) is 3. The Morgan fingerprint density at radius 3 is 2.62 bits per heavy atom. The zero-order chi connectivity index (χ0) is 24.2. The van der Waals surface area contributed by atoms with E-state index >= 15 is 0 Å². The Morgan fingerprint density at radius 2 is 1.94 bits per heavy atom. The van der Waals surface area contributed by atoms with Gasteiger partial charge in [0.05, 0.1) is 17.7 Å². The number of methoxy groups -OCH3 is 1. The Balaban J connectivity index is 1.43. The van der Waals surface area contributed by atoms with Crippen molar-refractivity contribution in [3.63, 3.8) is 0 Å². The van der Waals surface area contributed by atoms with E-state index < -0.39 is 0 Å². The van der Waals surface area contributed by atoms with Gasteiger partial charge >= 0.3 is 0 Å². The summed E-state index contributed by atoms with van der Waals surface area (Å²) in [6, 6.07) is 9.27. The fourth-order valence-electron chi connectivity index (χ4n) is 5.68. The second kappa shape index (κ2) is 10.5. The molecule has 2 saturated heterocycles. The lowest BCUT2D eigenvalue weighted by molar-refractivity contribution is 0.0689. The molecule has 3 unspecified atom stereocenters. The van der Waals surface area contributed by atoms with Crippen LogP contribution in [0.5, 0.6) is 5.75 Å². The summed E-state index contributed by atoms with van der Waals surface area (Å²) in [7, 11) is 1.68. The third-order valence-electron chi connectivity index (χ3n) is 7.48. The number of carbonyl (C=O) groups is 1. The van der Waals surface area contributed by atoms with Crippen molar-refractivity contribution in [2.24, 2.45) is 0 Å². The van der Waals surface area contributed by atoms with Gasteiger partial charge in [0, 0.05) is 43.7 Å². The number of nitrogens with one attached hydrogen (secondary N) is 1. The molecule has 7 heteroatoms. The first kappa shape index (κ1) is 24.2. The largest absolute Gasteiger partial charge is 0.491 e. The van der Waals surface area contributed by atoms with Crippen LogP contribution in [0, 0.1) is 25.2 Å². The Morgan fingerprint density at radius 1 is 1.21 bits per heavy atom. The molecule has 2 aromatic rings. The summed E-state index contributed by atoms with van der Waals surface area (Å²) in [5.74, 6) is 0.774. The molecule has 0 saturated carbocycles. The molecular weight excluding hydrogens is 428 g/mol. The number of hydrogen-bond acceptors (Lipinski definition) is 6. The van der Waals surface area contributed by atoms with Gasteiger partial charge in [0.1, 0.15) is 18.4 Å². The smallest absolute Gasteiger partial charge is 0.253 e. The van der Waals surface area contributed by atoms with Gasteiger partial charge in [-0.3, -0.25) is 14.7 Å². The number of nitriles is 1. The van der Waals surface area contributed by atoms with E-state index in [0.717, 1.165) is 31.4 Å². The third-order valence-corrected chi connectivity index (χ3v) is 7.48. The summed E-state index contributed by atoms with van der Waals surface area (Å²) >= 11 is 0. The first-order valence-electron chi connectivity index (χ1n) is 12.1. The first-order valence-corrected chi connectivity index (χ1v) is 12.1. The first-order chi connectivity index (χ1) is 16.4. The number of benzene rings is 1. The van der Waals surface area contributed by atoms with Gasteiger partial charge in [0.2, 0.25) is 0 Å². The average molecular weight is 463 g/mol. The maximum atomic E-state index is 12.8. The molecule has 2 aliphatic heterocycles. The fraction of sp³-hybridized carbons (Fsp3) is 0.519. The number of amides is 1. The van der Waals surface area contributed by atoms with E-state index in [4.69, 9.17) is 14.7 Å². The fourth-order valence-corrected chi connectivity index (χ4v) is 5.68. The topological polar surface area (TPSA) is 87.5 Å². The minimum absolute atomic E-state index is 0.138. The van der Waals surface area contributed by atoms with Crippen molar-refractivity contribution in [2.45, 2.75) is 70.6 Å².